The molecule has 0 N–H and O–H groups in total. The number of rotatable bonds is 6. The van der Waals surface area contributed by atoms with Crippen molar-refractivity contribution in [3.05, 3.63) is 65.7 Å². The van der Waals surface area contributed by atoms with E-state index in [1.807, 2.05) is 24.3 Å². The van der Waals surface area contributed by atoms with Crippen LogP contribution in [-0.4, -0.2) is 25.5 Å². The number of ether oxygens (including phenoxy) is 1. The second-order valence-corrected chi connectivity index (χ2v) is 6.56. The van der Waals surface area contributed by atoms with Crippen LogP contribution >= 0.6 is 0 Å². The second-order valence-electron chi connectivity index (χ2n) is 6.56. The van der Waals surface area contributed by atoms with E-state index in [-0.39, 0.29) is 11.5 Å². The molecule has 5 heteroatoms. The molecule has 0 spiro atoms. The lowest BCUT2D eigenvalue weighted by Gasteiger charge is -2.22. The Labute approximate surface area is 158 Å². The normalized spacial score (nSPS) is 15.1. The molecule has 27 heavy (non-hydrogen) atoms. The number of carbonyl (C=O) groups is 1. The first-order valence-corrected chi connectivity index (χ1v) is 9.25. The molecule has 142 valence electrons. The molecule has 0 amide bonds. The van der Waals surface area contributed by atoms with Gasteiger partial charge in [0.1, 0.15) is 5.75 Å². The lowest BCUT2D eigenvalue weighted by molar-refractivity contribution is -0.0499. The van der Waals surface area contributed by atoms with Gasteiger partial charge in [-0.1, -0.05) is 31.0 Å². The average Bonchev–Trinajstić information content (AvgIpc) is 2.96. The molecule has 0 atom stereocenters. The number of allylic oxidation sites excluding steroid dienone is 1. The predicted octanol–water partition coefficient (Wildman–Crippen LogP) is 5.56. The fraction of sp³-hybridized carbons (Fsp3) is 0.318. The van der Waals surface area contributed by atoms with Crippen LogP contribution in [0.2, 0.25) is 0 Å². The molecule has 0 saturated carbocycles. The van der Waals surface area contributed by atoms with Gasteiger partial charge in [-0.2, -0.15) is 8.78 Å². The number of anilines is 1. The number of carbonyl (C=O) groups excluding carboxylic acids is 1. The van der Waals surface area contributed by atoms with Gasteiger partial charge in [-0.05, 0) is 55.3 Å². The molecule has 1 aliphatic heterocycles. The number of halogens is 2. The summed E-state index contributed by atoms with van der Waals surface area (Å²) >= 11 is 0. The summed E-state index contributed by atoms with van der Waals surface area (Å²) in [5, 5.41) is 0. The topological polar surface area (TPSA) is 29.5 Å². The highest BCUT2D eigenvalue weighted by atomic mass is 19.3. The second kappa shape index (κ2) is 9.31. The summed E-state index contributed by atoms with van der Waals surface area (Å²) in [4.78, 5) is 14.8. The summed E-state index contributed by atoms with van der Waals surface area (Å²) in [5.41, 5.74) is 2.14. The molecule has 2 aromatic carbocycles. The summed E-state index contributed by atoms with van der Waals surface area (Å²) in [5.74, 6) is -0.127. The van der Waals surface area contributed by atoms with Crippen LogP contribution in [0, 0.1) is 0 Å². The van der Waals surface area contributed by atoms with E-state index in [0.29, 0.717) is 11.1 Å². The van der Waals surface area contributed by atoms with E-state index in [1.165, 1.54) is 43.9 Å². The molecule has 1 saturated heterocycles. The van der Waals surface area contributed by atoms with Gasteiger partial charge in [-0.15, -0.1) is 0 Å². The number of para-hydroxylation sites is 1. The van der Waals surface area contributed by atoms with Gasteiger partial charge in [0.05, 0.1) is 0 Å². The highest BCUT2D eigenvalue weighted by Gasteiger charge is 2.11. The Morgan fingerprint density at radius 1 is 0.963 bits per heavy atom. The first kappa shape index (κ1) is 19.1. The van der Waals surface area contributed by atoms with Crippen molar-refractivity contribution in [3.63, 3.8) is 0 Å². The van der Waals surface area contributed by atoms with Crippen molar-refractivity contribution in [3.8, 4) is 5.75 Å². The van der Waals surface area contributed by atoms with Crippen LogP contribution in [0.15, 0.2) is 54.6 Å². The van der Waals surface area contributed by atoms with Crippen LogP contribution in [0.5, 0.6) is 5.75 Å². The molecule has 0 bridgehead atoms. The van der Waals surface area contributed by atoms with E-state index >= 15 is 0 Å². The van der Waals surface area contributed by atoms with Gasteiger partial charge in [0, 0.05) is 29.9 Å². The minimum absolute atomic E-state index is 0.0491. The quantitative estimate of drug-likeness (QED) is 0.491. The third-order valence-corrected chi connectivity index (χ3v) is 4.67. The molecule has 3 nitrogen and oxygen atoms in total. The average molecular weight is 371 g/mol. The first-order chi connectivity index (χ1) is 13.1. The number of benzene rings is 2. The molecular formula is C22H23F2NO2. The van der Waals surface area contributed by atoms with E-state index in [4.69, 9.17) is 0 Å². The highest BCUT2D eigenvalue weighted by Crippen LogP contribution is 2.23. The fourth-order valence-electron chi connectivity index (χ4n) is 3.25. The molecule has 2 aromatic rings. The van der Waals surface area contributed by atoms with Gasteiger partial charge in [-0.3, -0.25) is 4.79 Å². The smallest absolute Gasteiger partial charge is 0.387 e. The zero-order chi connectivity index (χ0) is 19.1. The Bertz CT molecular complexity index is 779. The highest BCUT2D eigenvalue weighted by molar-refractivity contribution is 6.07. The minimum atomic E-state index is -2.90. The van der Waals surface area contributed by atoms with Gasteiger partial charge < -0.3 is 9.64 Å². The maximum Gasteiger partial charge on any atom is 0.387 e. The van der Waals surface area contributed by atoms with Crippen molar-refractivity contribution in [2.24, 2.45) is 0 Å². The summed E-state index contributed by atoms with van der Waals surface area (Å²) < 4.78 is 29.4. The van der Waals surface area contributed by atoms with Gasteiger partial charge in [0.15, 0.2) is 5.78 Å². The molecule has 0 radical (unpaired) electrons. The Kier molecular flexibility index (Phi) is 6.58. The maximum absolute atomic E-state index is 12.5. The number of hydrogen-bond acceptors (Lipinski definition) is 3. The van der Waals surface area contributed by atoms with Crippen LogP contribution in [0.1, 0.15) is 41.6 Å². The van der Waals surface area contributed by atoms with Crippen molar-refractivity contribution in [2.75, 3.05) is 18.0 Å². The third kappa shape index (κ3) is 5.39. The van der Waals surface area contributed by atoms with E-state index in [1.54, 1.807) is 18.2 Å². The third-order valence-electron chi connectivity index (χ3n) is 4.67. The van der Waals surface area contributed by atoms with Crippen LogP contribution in [0.4, 0.5) is 14.5 Å². The zero-order valence-electron chi connectivity index (χ0n) is 15.1. The van der Waals surface area contributed by atoms with Crippen LogP contribution in [-0.2, 0) is 0 Å². The summed E-state index contributed by atoms with van der Waals surface area (Å²) in [7, 11) is 0. The Morgan fingerprint density at radius 2 is 1.63 bits per heavy atom. The van der Waals surface area contributed by atoms with Crippen molar-refractivity contribution in [1.82, 2.24) is 0 Å². The maximum atomic E-state index is 12.5. The largest absolute Gasteiger partial charge is 0.434 e. The van der Waals surface area contributed by atoms with E-state index < -0.39 is 6.61 Å². The lowest BCUT2D eigenvalue weighted by Crippen LogP contribution is -2.23. The van der Waals surface area contributed by atoms with E-state index in [9.17, 15) is 13.6 Å². The van der Waals surface area contributed by atoms with Crippen molar-refractivity contribution < 1.29 is 18.3 Å². The Morgan fingerprint density at radius 3 is 2.30 bits per heavy atom. The van der Waals surface area contributed by atoms with Crippen LogP contribution in [0.25, 0.3) is 6.08 Å². The molecule has 0 aromatic heterocycles. The number of alkyl halides is 2. The van der Waals surface area contributed by atoms with Crippen LogP contribution in [0.3, 0.4) is 0 Å². The van der Waals surface area contributed by atoms with Crippen molar-refractivity contribution in [2.45, 2.75) is 32.3 Å². The van der Waals surface area contributed by atoms with E-state index in [0.717, 1.165) is 18.8 Å². The molecule has 3 rings (SSSR count). The Balaban J connectivity index is 1.68. The van der Waals surface area contributed by atoms with Gasteiger partial charge in [0.2, 0.25) is 0 Å². The lowest BCUT2D eigenvalue weighted by atomic mass is 10.1. The summed E-state index contributed by atoms with van der Waals surface area (Å²) in [6.45, 7) is -0.802. The van der Waals surface area contributed by atoms with Gasteiger partial charge in [-0.25, -0.2) is 0 Å². The summed E-state index contributed by atoms with van der Waals surface area (Å²) in [6.07, 6.45) is 7.83. The van der Waals surface area contributed by atoms with Gasteiger partial charge in [0.25, 0.3) is 0 Å². The SMILES string of the molecule is O=C(C=Cc1ccccc1OC(F)F)c1ccc(N2CCCCCC2)cc1. The number of hydrogen-bond donors (Lipinski definition) is 0. The number of ketones is 1. The van der Waals surface area contributed by atoms with Crippen LogP contribution < -0.4 is 9.64 Å². The predicted molar refractivity (Wildman–Crippen MR) is 104 cm³/mol. The molecule has 0 unspecified atom stereocenters. The fourth-order valence-corrected chi connectivity index (χ4v) is 3.25. The molecular weight excluding hydrogens is 348 g/mol. The Hall–Kier alpha value is -2.69. The van der Waals surface area contributed by atoms with E-state index in [2.05, 4.69) is 9.64 Å². The number of nitrogens with zero attached hydrogens (tertiary/aromatic N) is 1. The monoisotopic (exact) mass is 371 g/mol. The zero-order valence-corrected chi connectivity index (χ0v) is 15.1. The van der Waals surface area contributed by atoms with Crippen molar-refractivity contribution >= 4 is 17.5 Å². The van der Waals surface area contributed by atoms with Gasteiger partial charge >= 0.3 is 6.61 Å². The first-order valence-electron chi connectivity index (χ1n) is 9.25. The molecule has 1 heterocycles. The molecule has 0 aliphatic carbocycles. The summed E-state index contributed by atoms with van der Waals surface area (Å²) in [6, 6.07) is 14.0. The minimum Gasteiger partial charge on any atom is -0.434 e. The molecule has 1 fully saturated rings. The standard InChI is InChI=1S/C22H23F2NO2/c23-22(24)27-21-8-4-3-7-18(21)11-14-20(26)17-9-12-19(13-10-17)25-15-5-1-2-6-16-25/h3-4,7-14,22H,1-2,5-6,15-16H2. The molecule has 1 aliphatic rings. The van der Waals surface area contributed by atoms with Crippen molar-refractivity contribution in [1.29, 1.82) is 0 Å².